The van der Waals surface area contributed by atoms with Gasteiger partial charge in [-0.2, -0.15) is 0 Å². The van der Waals surface area contributed by atoms with Crippen molar-refractivity contribution in [3.05, 3.63) is 40.8 Å². The maximum Gasteiger partial charge on any atom is 0.266 e. The number of carbonyl (C=O) groups is 2. The Morgan fingerprint density at radius 2 is 2.07 bits per heavy atom. The molecule has 2 aliphatic heterocycles. The fraction of sp³-hybridized carbons (Fsp3) is 0.450. The summed E-state index contributed by atoms with van der Waals surface area (Å²) in [5.74, 6) is -0.0959. The molecule has 1 atom stereocenters. The Morgan fingerprint density at radius 1 is 1.30 bits per heavy atom. The minimum absolute atomic E-state index is 0.0363. The summed E-state index contributed by atoms with van der Waals surface area (Å²) in [5.41, 5.74) is 0.953. The number of thiocarbonyl (C=S) groups is 1. The minimum Gasteiger partial charge on any atom is -0.396 e. The highest BCUT2D eigenvalue weighted by Gasteiger charge is 2.33. The van der Waals surface area contributed by atoms with Crippen LogP contribution in [0.1, 0.15) is 37.7 Å². The molecule has 2 saturated heterocycles. The summed E-state index contributed by atoms with van der Waals surface area (Å²) in [4.78, 5) is 29.3. The van der Waals surface area contributed by atoms with E-state index < -0.39 is 0 Å². The summed E-state index contributed by atoms with van der Waals surface area (Å²) < 4.78 is 0.500. The van der Waals surface area contributed by atoms with Crippen LogP contribution in [0.15, 0.2) is 35.2 Å². The van der Waals surface area contributed by atoms with E-state index in [0.29, 0.717) is 22.2 Å². The molecule has 0 saturated carbocycles. The second-order valence-corrected chi connectivity index (χ2v) is 8.42. The van der Waals surface area contributed by atoms with Gasteiger partial charge in [-0.05, 0) is 37.3 Å². The zero-order valence-electron chi connectivity index (χ0n) is 15.2. The van der Waals surface area contributed by atoms with Gasteiger partial charge in [-0.15, -0.1) is 0 Å². The minimum atomic E-state index is -0.132. The van der Waals surface area contributed by atoms with Crippen molar-refractivity contribution in [1.29, 1.82) is 0 Å². The van der Waals surface area contributed by atoms with Crippen molar-refractivity contribution in [3.8, 4) is 0 Å². The van der Waals surface area contributed by atoms with E-state index in [0.717, 1.165) is 31.4 Å². The molecule has 1 N–H and O–H groups in total. The molecule has 27 heavy (non-hydrogen) atoms. The van der Waals surface area contributed by atoms with Crippen LogP contribution in [-0.4, -0.2) is 56.8 Å². The van der Waals surface area contributed by atoms with E-state index in [1.54, 1.807) is 0 Å². The summed E-state index contributed by atoms with van der Waals surface area (Å²) in [5, 5.41) is 9.22. The summed E-state index contributed by atoms with van der Waals surface area (Å²) in [6.07, 6.45) is 5.73. The van der Waals surface area contributed by atoms with Crippen LogP contribution in [0, 0.1) is 0 Å². The smallest absolute Gasteiger partial charge is 0.266 e. The predicted molar refractivity (Wildman–Crippen MR) is 112 cm³/mol. The van der Waals surface area contributed by atoms with Crippen LogP contribution in [0.5, 0.6) is 0 Å². The molecule has 3 rings (SSSR count). The van der Waals surface area contributed by atoms with Crippen LogP contribution in [-0.2, 0) is 9.59 Å². The van der Waals surface area contributed by atoms with Crippen LogP contribution < -0.4 is 0 Å². The Morgan fingerprint density at radius 3 is 2.81 bits per heavy atom. The van der Waals surface area contributed by atoms with Crippen LogP contribution >= 0.6 is 24.0 Å². The molecule has 0 spiro atoms. The van der Waals surface area contributed by atoms with Crippen LogP contribution in [0.2, 0.25) is 0 Å². The number of amides is 2. The second kappa shape index (κ2) is 9.48. The van der Waals surface area contributed by atoms with Gasteiger partial charge in [0, 0.05) is 32.2 Å². The number of aliphatic hydroxyl groups is 1. The fourth-order valence-corrected chi connectivity index (χ4v) is 4.83. The average Bonchev–Trinajstić information content (AvgIpc) is 2.94. The average molecular weight is 405 g/mol. The van der Waals surface area contributed by atoms with Gasteiger partial charge < -0.3 is 10.0 Å². The van der Waals surface area contributed by atoms with Gasteiger partial charge in [0.05, 0.1) is 4.91 Å². The lowest BCUT2D eigenvalue weighted by molar-refractivity contribution is -0.135. The molecular weight excluding hydrogens is 380 g/mol. The highest BCUT2D eigenvalue weighted by molar-refractivity contribution is 8.26. The van der Waals surface area contributed by atoms with Crippen LogP contribution in [0.4, 0.5) is 0 Å². The quantitative estimate of drug-likeness (QED) is 0.583. The van der Waals surface area contributed by atoms with Crippen molar-refractivity contribution in [1.82, 2.24) is 9.80 Å². The number of hydrogen-bond donors (Lipinski definition) is 1. The van der Waals surface area contributed by atoms with E-state index in [1.165, 1.54) is 16.7 Å². The molecule has 5 nitrogen and oxygen atoms in total. The number of piperidine rings is 1. The molecule has 0 bridgehead atoms. The monoisotopic (exact) mass is 404 g/mol. The number of carbonyl (C=O) groups excluding carboxylic acids is 2. The Labute approximate surface area is 169 Å². The lowest BCUT2D eigenvalue weighted by Gasteiger charge is -2.36. The van der Waals surface area contributed by atoms with Gasteiger partial charge in [0.1, 0.15) is 4.32 Å². The maximum absolute atomic E-state index is 12.7. The normalized spacial score (nSPS) is 22.0. The number of rotatable bonds is 6. The third-order valence-electron chi connectivity index (χ3n) is 4.93. The van der Waals surface area contributed by atoms with E-state index >= 15 is 0 Å². The Balaban J connectivity index is 1.60. The van der Waals surface area contributed by atoms with E-state index in [4.69, 9.17) is 12.2 Å². The third-order valence-corrected chi connectivity index (χ3v) is 6.31. The number of benzene rings is 1. The summed E-state index contributed by atoms with van der Waals surface area (Å²) >= 11 is 6.64. The Bertz CT molecular complexity index is 734. The zero-order chi connectivity index (χ0) is 19.2. The van der Waals surface area contributed by atoms with E-state index in [2.05, 4.69) is 0 Å². The zero-order valence-corrected chi connectivity index (χ0v) is 16.8. The van der Waals surface area contributed by atoms with Gasteiger partial charge in [-0.1, -0.05) is 54.3 Å². The summed E-state index contributed by atoms with van der Waals surface area (Å²) in [7, 11) is 0. The molecule has 0 aliphatic carbocycles. The van der Waals surface area contributed by atoms with Crippen molar-refractivity contribution in [2.45, 2.75) is 38.1 Å². The highest BCUT2D eigenvalue weighted by atomic mass is 32.2. The summed E-state index contributed by atoms with van der Waals surface area (Å²) in [6.45, 7) is 1.13. The van der Waals surface area contributed by atoms with Crippen LogP contribution in [0.3, 0.4) is 0 Å². The first kappa shape index (κ1) is 20.0. The van der Waals surface area contributed by atoms with Gasteiger partial charge in [0.25, 0.3) is 5.91 Å². The van der Waals surface area contributed by atoms with E-state index in [1.807, 2.05) is 41.3 Å². The highest BCUT2D eigenvalue weighted by Crippen LogP contribution is 2.32. The lowest BCUT2D eigenvalue weighted by Crippen LogP contribution is -2.45. The molecule has 2 aliphatic rings. The molecule has 0 unspecified atom stereocenters. The number of likely N-dealkylation sites (tertiary alicyclic amines) is 1. The second-order valence-electron chi connectivity index (χ2n) is 6.74. The summed E-state index contributed by atoms with van der Waals surface area (Å²) in [6, 6.07) is 9.76. The number of hydrogen-bond acceptors (Lipinski definition) is 5. The number of nitrogens with zero attached hydrogens (tertiary/aromatic N) is 2. The van der Waals surface area contributed by atoms with Gasteiger partial charge in [0.15, 0.2) is 0 Å². The van der Waals surface area contributed by atoms with Gasteiger partial charge in [0.2, 0.25) is 5.91 Å². The molecular formula is C20H24N2O3S2. The predicted octanol–water partition coefficient (Wildman–Crippen LogP) is 3.04. The number of thioether (sulfide) groups is 1. The first-order valence-electron chi connectivity index (χ1n) is 9.31. The topological polar surface area (TPSA) is 60.9 Å². The lowest BCUT2D eigenvalue weighted by atomic mass is 9.99. The molecule has 0 radical (unpaired) electrons. The van der Waals surface area contributed by atoms with E-state index in [-0.39, 0.29) is 30.9 Å². The molecule has 1 aromatic carbocycles. The standard InChI is InChI=1S/C20H24N2O3S2/c23-13-10-16-8-4-5-11-21(16)18(24)9-12-22-19(25)17(27-20(22)26)14-15-6-2-1-3-7-15/h1-3,6-7,14,16,23H,4-5,8-13H2/b17-14+/t16-/m1/s1. The van der Waals surface area contributed by atoms with Gasteiger partial charge in [-0.3, -0.25) is 14.5 Å². The number of aliphatic hydroxyl groups excluding tert-OH is 1. The van der Waals surface area contributed by atoms with Gasteiger partial charge in [-0.25, -0.2) is 0 Å². The molecule has 2 amide bonds. The van der Waals surface area contributed by atoms with Crippen molar-refractivity contribution >= 4 is 46.2 Å². The molecule has 2 heterocycles. The molecule has 0 aromatic heterocycles. The SMILES string of the molecule is O=C1/C(=C\c2ccccc2)SC(=S)N1CCC(=O)N1CCCC[C@@H]1CCO. The van der Waals surface area contributed by atoms with Crippen molar-refractivity contribution in [3.63, 3.8) is 0 Å². The van der Waals surface area contributed by atoms with Gasteiger partial charge >= 0.3 is 0 Å². The first-order valence-corrected chi connectivity index (χ1v) is 10.5. The van der Waals surface area contributed by atoms with E-state index in [9.17, 15) is 14.7 Å². The van der Waals surface area contributed by atoms with Crippen LogP contribution in [0.25, 0.3) is 6.08 Å². The molecule has 1 aromatic rings. The Hall–Kier alpha value is -1.70. The van der Waals surface area contributed by atoms with Crippen molar-refractivity contribution in [2.24, 2.45) is 0 Å². The molecule has 7 heteroatoms. The molecule has 2 fully saturated rings. The Kier molecular flexibility index (Phi) is 7.04. The first-order chi connectivity index (χ1) is 13.1. The largest absolute Gasteiger partial charge is 0.396 e. The van der Waals surface area contributed by atoms with Crippen molar-refractivity contribution < 1.29 is 14.7 Å². The maximum atomic E-state index is 12.7. The van der Waals surface area contributed by atoms with Crippen molar-refractivity contribution in [2.75, 3.05) is 19.7 Å². The fourth-order valence-electron chi connectivity index (χ4n) is 3.52. The third kappa shape index (κ3) is 4.97. The molecule has 144 valence electrons.